The quantitative estimate of drug-likeness (QED) is 0.404. The second kappa shape index (κ2) is 9.58. The van der Waals surface area contributed by atoms with Crippen LogP contribution in [0, 0.1) is 0 Å². The third kappa shape index (κ3) is 5.29. The van der Waals surface area contributed by atoms with Crippen molar-refractivity contribution in [2.75, 3.05) is 0 Å². The van der Waals surface area contributed by atoms with Crippen LogP contribution < -0.4 is 10.0 Å². The van der Waals surface area contributed by atoms with Gasteiger partial charge in [0.25, 0.3) is 5.91 Å². The van der Waals surface area contributed by atoms with Crippen LogP contribution >= 0.6 is 0 Å². The molecule has 2 aromatic heterocycles. The molecule has 0 aliphatic carbocycles. The second-order valence-corrected chi connectivity index (χ2v) is 8.75. The maximum absolute atomic E-state index is 12.9. The number of hydrogen-bond acceptors (Lipinski definition) is 6. The number of nitrogens with one attached hydrogen (secondary N) is 2. The average molecular weight is 452 g/mol. The minimum absolute atomic E-state index is 0.0403. The maximum Gasteiger partial charge on any atom is 0.251 e. The van der Waals surface area contributed by atoms with Crippen molar-refractivity contribution < 1.29 is 17.6 Å². The summed E-state index contributed by atoms with van der Waals surface area (Å²) in [5, 5.41) is 7.09. The summed E-state index contributed by atoms with van der Waals surface area (Å²) < 4.78 is 34.2. The fourth-order valence-corrected chi connectivity index (χ4v) is 4.12. The molecule has 0 spiro atoms. The lowest BCUT2D eigenvalue weighted by molar-refractivity contribution is 0.0931. The van der Waals surface area contributed by atoms with Crippen molar-refractivity contribution in [3.8, 4) is 0 Å². The molecule has 164 valence electrons. The van der Waals surface area contributed by atoms with Gasteiger partial charge in [-0.3, -0.25) is 9.48 Å². The molecule has 0 saturated carbocycles. The summed E-state index contributed by atoms with van der Waals surface area (Å²) in [6.45, 7) is 0.442. The number of aromatic nitrogens is 3. The summed E-state index contributed by atoms with van der Waals surface area (Å²) in [5.41, 5.74) is 1.26. The van der Waals surface area contributed by atoms with Crippen molar-refractivity contribution in [2.45, 2.75) is 24.0 Å². The van der Waals surface area contributed by atoms with Crippen LogP contribution in [0.15, 0.2) is 95.0 Å². The van der Waals surface area contributed by atoms with Gasteiger partial charge in [0.15, 0.2) is 0 Å². The molecule has 1 unspecified atom stereocenters. The van der Waals surface area contributed by atoms with E-state index in [1.807, 2.05) is 30.3 Å². The smallest absolute Gasteiger partial charge is 0.251 e. The Morgan fingerprint density at radius 1 is 1.03 bits per heavy atom. The van der Waals surface area contributed by atoms with Gasteiger partial charge in [0, 0.05) is 5.56 Å². The van der Waals surface area contributed by atoms with Crippen LogP contribution in [-0.2, 0) is 23.1 Å². The van der Waals surface area contributed by atoms with Gasteiger partial charge in [-0.05, 0) is 42.0 Å². The Balaban J connectivity index is 1.46. The lowest BCUT2D eigenvalue weighted by Gasteiger charge is -2.19. The zero-order chi connectivity index (χ0) is 22.4. The number of rotatable bonds is 9. The van der Waals surface area contributed by atoms with Gasteiger partial charge in [0.05, 0.1) is 30.3 Å². The van der Waals surface area contributed by atoms with E-state index in [0.717, 1.165) is 5.56 Å². The van der Waals surface area contributed by atoms with Crippen LogP contribution in [0.3, 0.4) is 0 Å². The molecule has 0 aliphatic rings. The van der Waals surface area contributed by atoms with Crippen LogP contribution in [0.2, 0.25) is 0 Å². The predicted molar refractivity (Wildman–Crippen MR) is 116 cm³/mol. The molecule has 0 aliphatic heterocycles. The molecule has 32 heavy (non-hydrogen) atoms. The molecule has 2 aromatic carbocycles. The third-order valence-electron chi connectivity index (χ3n) is 4.79. The highest BCUT2D eigenvalue weighted by atomic mass is 32.2. The lowest BCUT2D eigenvalue weighted by Crippen LogP contribution is -2.31. The van der Waals surface area contributed by atoms with E-state index in [-0.39, 0.29) is 23.4 Å². The first-order valence-electron chi connectivity index (χ1n) is 9.81. The molecule has 0 fully saturated rings. The van der Waals surface area contributed by atoms with E-state index in [1.165, 1.54) is 36.9 Å². The summed E-state index contributed by atoms with van der Waals surface area (Å²) in [5.74, 6) is 0.176. The number of hydrogen-bond donors (Lipinski definition) is 2. The lowest BCUT2D eigenvalue weighted by atomic mass is 10.1. The Morgan fingerprint density at radius 3 is 2.47 bits per heavy atom. The Morgan fingerprint density at radius 2 is 1.81 bits per heavy atom. The minimum Gasteiger partial charge on any atom is -0.468 e. The van der Waals surface area contributed by atoms with Gasteiger partial charge in [-0.2, -0.15) is 5.10 Å². The fourth-order valence-electron chi connectivity index (χ4n) is 3.12. The Hall–Kier alpha value is -3.76. The SMILES string of the molecule is O=C(NC(Cn1cncn1)c1ccccc1)c1ccc(S(=O)(=O)NCc2ccco2)cc1. The van der Waals surface area contributed by atoms with Gasteiger partial charge in [0.2, 0.25) is 10.0 Å². The van der Waals surface area contributed by atoms with Gasteiger partial charge in [-0.15, -0.1) is 0 Å². The molecule has 0 radical (unpaired) electrons. The van der Waals surface area contributed by atoms with Gasteiger partial charge < -0.3 is 9.73 Å². The highest BCUT2D eigenvalue weighted by Crippen LogP contribution is 2.17. The van der Waals surface area contributed by atoms with Crippen LogP contribution in [0.1, 0.15) is 27.7 Å². The first kappa shape index (κ1) is 21.5. The number of benzene rings is 2. The van der Waals surface area contributed by atoms with E-state index >= 15 is 0 Å². The summed E-state index contributed by atoms with van der Waals surface area (Å²) >= 11 is 0. The molecule has 0 bridgehead atoms. The van der Waals surface area contributed by atoms with E-state index < -0.39 is 10.0 Å². The molecule has 4 aromatic rings. The van der Waals surface area contributed by atoms with Gasteiger partial charge in [-0.25, -0.2) is 18.1 Å². The van der Waals surface area contributed by atoms with Crippen molar-refractivity contribution in [3.63, 3.8) is 0 Å². The molecule has 2 heterocycles. The number of nitrogens with zero attached hydrogens (tertiary/aromatic N) is 3. The first-order chi connectivity index (χ1) is 15.5. The first-order valence-corrected chi connectivity index (χ1v) is 11.3. The van der Waals surface area contributed by atoms with Crippen molar-refractivity contribution in [1.29, 1.82) is 0 Å². The summed E-state index contributed by atoms with van der Waals surface area (Å²) in [6, 6.07) is 18.3. The number of sulfonamides is 1. The second-order valence-electron chi connectivity index (χ2n) is 6.98. The maximum atomic E-state index is 12.9. The predicted octanol–water partition coefficient (Wildman–Crippen LogP) is 2.52. The monoisotopic (exact) mass is 451 g/mol. The Labute approximate surface area is 185 Å². The molecule has 1 atom stereocenters. The molecular formula is C22H21N5O4S. The van der Waals surface area contributed by atoms with Crippen molar-refractivity contribution >= 4 is 15.9 Å². The molecular weight excluding hydrogens is 430 g/mol. The minimum atomic E-state index is -3.74. The molecule has 10 heteroatoms. The van der Waals surface area contributed by atoms with Crippen LogP contribution in [0.5, 0.6) is 0 Å². The normalized spacial score (nSPS) is 12.4. The van der Waals surface area contributed by atoms with Crippen LogP contribution in [-0.4, -0.2) is 29.1 Å². The van der Waals surface area contributed by atoms with E-state index in [0.29, 0.717) is 17.9 Å². The van der Waals surface area contributed by atoms with Crippen LogP contribution in [0.25, 0.3) is 0 Å². The van der Waals surface area contributed by atoms with E-state index in [1.54, 1.807) is 23.1 Å². The zero-order valence-corrected chi connectivity index (χ0v) is 17.8. The summed E-state index contributed by atoms with van der Waals surface area (Å²) in [7, 11) is -3.74. The summed E-state index contributed by atoms with van der Waals surface area (Å²) in [4.78, 5) is 16.9. The van der Waals surface area contributed by atoms with Gasteiger partial charge >= 0.3 is 0 Å². The van der Waals surface area contributed by atoms with Crippen molar-refractivity contribution in [3.05, 3.63) is 103 Å². The standard InChI is InChI=1S/C22H21N5O4S/c28-22(26-21(14-27-16-23-15-24-27)17-5-2-1-3-6-17)18-8-10-20(11-9-18)32(29,30)25-13-19-7-4-12-31-19/h1-12,15-16,21,25H,13-14H2,(H,26,28). The largest absolute Gasteiger partial charge is 0.468 e. The third-order valence-corrected chi connectivity index (χ3v) is 6.20. The fraction of sp³-hybridized carbons (Fsp3) is 0.136. The number of carbonyl (C=O) groups is 1. The molecule has 9 nitrogen and oxygen atoms in total. The Kier molecular flexibility index (Phi) is 6.43. The van der Waals surface area contributed by atoms with Crippen LogP contribution in [0.4, 0.5) is 0 Å². The van der Waals surface area contributed by atoms with E-state index in [4.69, 9.17) is 4.42 Å². The Bertz CT molecular complexity index is 1240. The average Bonchev–Trinajstić information content (AvgIpc) is 3.52. The topological polar surface area (TPSA) is 119 Å². The highest BCUT2D eigenvalue weighted by Gasteiger charge is 2.19. The highest BCUT2D eigenvalue weighted by molar-refractivity contribution is 7.89. The summed E-state index contributed by atoms with van der Waals surface area (Å²) in [6.07, 6.45) is 4.49. The number of carbonyl (C=O) groups excluding carboxylic acids is 1. The zero-order valence-electron chi connectivity index (χ0n) is 17.0. The number of amides is 1. The van der Waals surface area contributed by atoms with Crippen molar-refractivity contribution in [2.24, 2.45) is 0 Å². The molecule has 4 rings (SSSR count). The molecule has 2 N–H and O–H groups in total. The molecule has 0 saturated heterocycles. The van der Waals surface area contributed by atoms with E-state index in [2.05, 4.69) is 20.1 Å². The van der Waals surface area contributed by atoms with Crippen molar-refractivity contribution in [1.82, 2.24) is 24.8 Å². The van der Waals surface area contributed by atoms with Gasteiger partial charge in [-0.1, -0.05) is 30.3 Å². The molecule has 1 amide bonds. The van der Waals surface area contributed by atoms with E-state index in [9.17, 15) is 13.2 Å². The van der Waals surface area contributed by atoms with Gasteiger partial charge in [0.1, 0.15) is 18.4 Å². The number of furan rings is 1.